The Morgan fingerprint density at radius 3 is 1.87 bits per heavy atom. The molecule has 31 heavy (non-hydrogen) atoms. The Hall–Kier alpha value is -2.42. The average Bonchev–Trinajstić information content (AvgIpc) is 2.76. The van der Waals surface area contributed by atoms with Crippen LogP contribution in [-0.4, -0.2) is 18.4 Å². The first-order valence-electron chi connectivity index (χ1n) is 11.6. The molecule has 0 bridgehead atoms. The zero-order valence-corrected chi connectivity index (χ0v) is 20.3. The Morgan fingerprint density at radius 1 is 0.903 bits per heavy atom. The molecule has 0 aliphatic rings. The molecular formula is C28H38O3. The Balaban J connectivity index is 2.52. The summed E-state index contributed by atoms with van der Waals surface area (Å²) in [5, 5.41) is 0. The van der Waals surface area contributed by atoms with Crippen molar-refractivity contribution in [3.05, 3.63) is 58.7 Å². The van der Waals surface area contributed by atoms with Crippen LogP contribution >= 0.6 is 0 Å². The van der Waals surface area contributed by atoms with E-state index in [0.29, 0.717) is 13.0 Å². The second-order valence-corrected chi connectivity index (χ2v) is 8.87. The molecule has 0 heterocycles. The molecule has 3 heteroatoms. The zero-order chi connectivity index (χ0) is 23.2. The summed E-state index contributed by atoms with van der Waals surface area (Å²) in [5.74, 6) is -0.415. The number of hydrogen-bond acceptors (Lipinski definition) is 3. The molecule has 2 aromatic carbocycles. The number of Topliss-reactive ketones (excluding diaryl/α,β-unsaturated/α-hetero) is 1. The largest absolute Gasteiger partial charge is 0.466 e. The summed E-state index contributed by atoms with van der Waals surface area (Å²) in [5.41, 5.74) is 6.85. The summed E-state index contributed by atoms with van der Waals surface area (Å²) in [7, 11) is 0. The second-order valence-electron chi connectivity index (χ2n) is 8.87. The summed E-state index contributed by atoms with van der Waals surface area (Å²) in [6, 6.07) is 13.1. The van der Waals surface area contributed by atoms with Crippen LogP contribution in [0.15, 0.2) is 36.4 Å². The van der Waals surface area contributed by atoms with E-state index in [4.69, 9.17) is 4.74 Å². The SMILES string of the molecule is CCOC(=O)C(C)(C)C(CC(C)=O)c1ccc(-c2c(CC)cc(CC)cc2CC)cc1. The molecule has 0 fully saturated rings. The van der Waals surface area contributed by atoms with Crippen molar-refractivity contribution in [1.29, 1.82) is 0 Å². The first-order valence-corrected chi connectivity index (χ1v) is 11.6. The van der Waals surface area contributed by atoms with Crippen molar-refractivity contribution in [3.8, 4) is 11.1 Å². The van der Waals surface area contributed by atoms with Gasteiger partial charge in [0.15, 0.2) is 0 Å². The predicted molar refractivity (Wildman–Crippen MR) is 128 cm³/mol. The number of carbonyl (C=O) groups is 2. The van der Waals surface area contributed by atoms with Crippen molar-refractivity contribution in [2.24, 2.45) is 5.41 Å². The van der Waals surface area contributed by atoms with Crippen molar-refractivity contribution in [1.82, 2.24) is 0 Å². The normalized spacial score (nSPS) is 12.5. The molecule has 0 amide bonds. The maximum Gasteiger partial charge on any atom is 0.312 e. The number of esters is 1. The smallest absolute Gasteiger partial charge is 0.312 e. The monoisotopic (exact) mass is 422 g/mol. The number of aryl methyl sites for hydroxylation is 3. The van der Waals surface area contributed by atoms with E-state index in [1.165, 1.54) is 27.8 Å². The highest BCUT2D eigenvalue weighted by Crippen LogP contribution is 2.40. The van der Waals surface area contributed by atoms with Crippen molar-refractivity contribution in [3.63, 3.8) is 0 Å². The van der Waals surface area contributed by atoms with Crippen LogP contribution < -0.4 is 0 Å². The van der Waals surface area contributed by atoms with E-state index >= 15 is 0 Å². The Morgan fingerprint density at radius 2 is 1.45 bits per heavy atom. The molecule has 0 aliphatic heterocycles. The van der Waals surface area contributed by atoms with Gasteiger partial charge in [0.1, 0.15) is 5.78 Å². The van der Waals surface area contributed by atoms with Crippen molar-refractivity contribution in [2.75, 3.05) is 6.61 Å². The van der Waals surface area contributed by atoms with Gasteiger partial charge < -0.3 is 9.53 Å². The average molecular weight is 423 g/mol. The molecule has 0 aromatic heterocycles. The molecule has 168 valence electrons. The summed E-state index contributed by atoms with van der Waals surface area (Å²) in [6.45, 7) is 14.1. The number of carbonyl (C=O) groups excluding carboxylic acids is 2. The van der Waals surface area contributed by atoms with E-state index < -0.39 is 5.41 Å². The molecule has 1 unspecified atom stereocenters. The molecule has 0 N–H and O–H groups in total. The van der Waals surface area contributed by atoms with Gasteiger partial charge in [-0.15, -0.1) is 0 Å². The van der Waals surface area contributed by atoms with Gasteiger partial charge in [-0.25, -0.2) is 0 Å². The van der Waals surface area contributed by atoms with Gasteiger partial charge in [-0.1, -0.05) is 57.2 Å². The maximum absolute atomic E-state index is 12.6. The van der Waals surface area contributed by atoms with Crippen LogP contribution in [0.4, 0.5) is 0 Å². The molecule has 2 rings (SSSR count). The lowest BCUT2D eigenvalue weighted by Gasteiger charge is -2.32. The van der Waals surface area contributed by atoms with Crippen LogP contribution in [0.2, 0.25) is 0 Å². The fourth-order valence-electron chi connectivity index (χ4n) is 4.39. The molecule has 1 atom stereocenters. The third-order valence-corrected chi connectivity index (χ3v) is 6.30. The molecule has 2 aromatic rings. The molecule has 0 saturated carbocycles. The molecule has 0 saturated heterocycles. The Labute approximate surface area is 188 Å². The van der Waals surface area contributed by atoms with Crippen LogP contribution in [0.3, 0.4) is 0 Å². The van der Waals surface area contributed by atoms with Crippen molar-refractivity contribution in [2.45, 2.75) is 80.1 Å². The van der Waals surface area contributed by atoms with Gasteiger partial charge in [0.2, 0.25) is 0 Å². The summed E-state index contributed by atoms with van der Waals surface area (Å²) in [6.07, 6.45) is 3.33. The minimum absolute atomic E-state index is 0.0724. The van der Waals surface area contributed by atoms with E-state index in [1.807, 2.05) is 20.8 Å². The summed E-state index contributed by atoms with van der Waals surface area (Å²) < 4.78 is 5.32. The van der Waals surface area contributed by atoms with Crippen molar-refractivity contribution >= 4 is 11.8 Å². The van der Waals surface area contributed by atoms with E-state index in [2.05, 4.69) is 57.2 Å². The van der Waals surface area contributed by atoms with E-state index in [9.17, 15) is 9.59 Å². The zero-order valence-electron chi connectivity index (χ0n) is 20.3. The van der Waals surface area contributed by atoms with Crippen LogP contribution in [0.1, 0.15) is 83.1 Å². The van der Waals surface area contributed by atoms with Crippen LogP contribution in [0.25, 0.3) is 11.1 Å². The predicted octanol–water partition coefficient (Wildman–Crippen LogP) is 6.69. The second kappa shape index (κ2) is 10.7. The lowest BCUT2D eigenvalue weighted by Crippen LogP contribution is -2.34. The number of ether oxygens (including phenoxy) is 1. The van der Waals surface area contributed by atoms with E-state index in [1.54, 1.807) is 6.92 Å². The molecule has 3 nitrogen and oxygen atoms in total. The minimum atomic E-state index is -0.783. The fourth-order valence-corrected chi connectivity index (χ4v) is 4.39. The van der Waals surface area contributed by atoms with Gasteiger partial charge in [-0.2, -0.15) is 0 Å². The molecule has 0 spiro atoms. The minimum Gasteiger partial charge on any atom is -0.466 e. The maximum atomic E-state index is 12.6. The van der Waals surface area contributed by atoms with Gasteiger partial charge in [0.05, 0.1) is 12.0 Å². The standard InChI is InChI=1S/C28H38O3/c1-8-20-17-21(9-2)26(22(10-3)18-20)24-14-12-23(13-15-24)25(16-19(5)29)28(6,7)27(30)31-11-4/h12-15,17-18,25H,8-11,16H2,1-7H3. The number of hydrogen-bond donors (Lipinski definition) is 0. The number of ketones is 1. The highest BCUT2D eigenvalue weighted by molar-refractivity contribution is 5.81. The Bertz CT molecular complexity index is 881. The highest BCUT2D eigenvalue weighted by Gasteiger charge is 2.39. The van der Waals surface area contributed by atoms with Gasteiger partial charge >= 0.3 is 5.97 Å². The third-order valence-electron chi connectivity index (χ3n) is 6.30. The van der Waals surface area contributed by atoms with Crippen LogP contribution in [0, 0.1) is 5.41 Å². The first-order chi connectivity index (χ1) is 14.7. The quantitative estimate of drug-likeness (QED) is 0.400. The van der Waals surface area contributed by atoms with Crippen LogP contribution in [-0.2, 0) is 33.6 Å². The number of rotatable bonds is 10. The third kappa shape index (κ3) is 5.64. The Kier molecular flexibility index (Phi) is 8.61. The molecular weight excluding hydrogens is 384 g/mol. The molecule has 0 radical (unpaired) electrons. The lowest BCUT2D eigenvalue weighted by atomic mass is 9.72. The van der Waals surface area contributed by atoms with E-state index in [-0.39, 0.29) is 17.7 Å². The summed E-state index contributed by atoms with van der Waals surface area (Å²) in [4.78, 5) is 24.7. The summed E-state index contributed by atoms with van der Waals surface area (Å²) >= 11 is 0. The molecule has 0 aliphatic carbocycles. The fraction of sp³-hybridized carbons (Fsp3) is 0.500. The number of benzene rings is 2. The topological polar surface area (TPSA) is 43.4 Å². The van der Waals surface area contributed by atoms with Gasteiger partial charge in [-0.05, 0) is 80.3 Å². The van der Waals surface area contributed by atoms with E-state index in [0.717, 1.165) is 24.8 Å². The van der Waals surface area contributed by atoms with Gasteiger partial charge in [0.25, 0.3) is 0 Å². The first kappa shape index (κ1) is 24.8. The van der Waals surface area contributed by atoms with Gasteiger partial charge in [-0.3, -0.25) is 4.79 Å². The lowest BCUT2D eigenvalue weighted by molar-refractivity contribution is -0.155. The van der Waals surface area contributed by atoms with Crippen molar-refractivity contribution < 1.29 is 14.3 Å². The van der Waals surface area contributed by atoms with Gasteiger partial charge in [0, 0.05) is 12.3 Å². The van der Waals surface area contributed by atoms with Crippen LogP contribution in [0.5, 0.6) is 0 Å². The highest BCUT2D eigenvalue weighted by atomic mass is 16.5.